The minimum Gasteiger partial charge on any atom is -0.353 e. The van der Waals surface area contributed by atoms with Crippen molar-refractivity contribution in [2.45, 2.75) is 51.1 Å². The Labute approximate surface area is 151 Å². The largest absolute Gasteiger partial charge is 0.353 e. The Morgan fingerprint density at radius 1 is 1.12 bits per heavy atom. The Kier molecular flexibility index (Phi) is 6.22. The van der Waals surface area contributed by atoms with Gasteiger partial charge in [-0.25, -0.2) is 9.78 Å². The van der Waals surface area contributed by atoms with Crippen LogP contribution in [0.5, 0.6) is 0 Å². The smallest absolute Gasteiger partial charge is 0.315 e. The number of nitrogens with one attached hydrogen (secondary N) is 3. The highest BCUT2D eigenvalue weighted by atomic mass is 32.1. The third-order valence-electron chi connectivity index (χ3n) is 4.35. The van der Waals surface area contributed by atoms with E-state index >= 15 is 0 Å². The zero-order chi connectivity index (χ0) is 17.5. The molecule has 6 nitrogen and oxygen atoms in total. The van der Waals surface area contributed by atoms with Crippen molar-refractivity contribution in [2.75, 3.05) is 6.54 Å². The number of rotatable bonds is 6. The van der Waals surface area contributed by atoms with Crippen LogP contribution in [0.2, 0.25) is 0 Å². The summed E-state index contributed by atoms with van der Waals surface area (Å²) >= 11 is 1.57. The summed E-state index contributed by atoms with van der Waals surface area (Å²) in [6, 6.07) is 7.94. The van der Waals surface area contributed by atoms with Crippen LogP contribution < -0.4 is 16.0 Å². The lowest BCUT2D eigenvalue weighted by Gasteiger charge is -2.22. The van der Waals surface area contributed by atoms with Gasteiger partial charge in [-0.2, -0.15) is 0 Å². The van der Waals surface area contributed by atoms with Crippen molar-refractivity contribution in [3.8, 4) is 0 Å². The van der Waals surface area contributed by atoms with Crippen molar-refractivity contribution in [1.82, 2.24) is 20.9 Å². The van der Waals surface area contributed by atoms with Crippen LogP contribution in [0, 0.1) is 0 Å². The van der Waals surface area contributed by atoms with Crippen LogP contribution >= 0.6 is 11.3 Å². The van der Waals surface area contributed by atoms with Crippen LogP contribution in [-0.4, -0.2) is 29.5 Å². The summed E-state index contributed by atoms with van der Waals surface area (Å²) < 4.78 is 1.11. The number of thiazole rings is 1. The molecule has 0 atom stereocenters. The summed E-state index contributed by atoms with van der Waals surface area (Å²) in [5, 5.41) is 9.42. The molecule has 3 amide bonds. The van der Waals surface area contributed by atoms with Crippen molar-refractivity contribution in [3.05, 3.63) is 29.3 Å². The van der Waals surface area contributed by atoms with Crippen LogP contribution in [0.1, 0.15) is 43.5 Å². The maximum absolute atomic E-state index is 11.9. The van der Waals surface area contributed by atoms with Crippen molar-refractivity contribution in [2.24, 2.45) is 0 Å². The molecule has 3 rings (SSSR count). The van der Waals surface area contributed by atoms with Crippen LogP contribution in [0.15, 0.2) is 24.3 Å². The lowest BCUT2D eigenvalue weighted by atomic mass is 9.95. The molecule has 0 bridgehead atoms. The molecule has 0 unspecified atom stereocenters. The third kappa shape index (κ3) is 5.42. The number of hydrogen-bond acceptors (Lipinski definition) is 4. The van der Waals surface area contributed by atoms with Gasteiger partial charge in [-0.15, -0.1) is 11.3 Å². The second-order valence-corrected chi connectivity index (χ2v) is 7.45. The van der Waals surface area contributed by atoms with E-state index in [1.165, 1.54) is 19.3 Å². The predicted octanol–water partition coefficient (Wildman–Crippen LogP) is 2.93. The number of aromatic nitrogens is 1. The third-order valence-corrected chi connectivity index (χ3v) is 5.38. The van der Waals surface area contributed by atoms with Crippen molar-refractivity contribution in [3.63, 3.8) is 0 Å². The van der Waals surface area contributed by atoms with Gasteiger partial charge in [0.2, 0.25) is 5.91 Å². The molecule has 0 radical (unpaired) electrons. The van der Waals surface area contributed by atoms with Crippen LogP contribution in [0.25, 0.3) is 10.2 Å². The van der Waals surface area contributed by atoms with E-state index in [9.17, 15) is 9.59 Å². The van der Waals surface area contributed by atoms with Crippen molar-refractivity contribution < 1.29 is 9.59 Å². The van der Waals surface area contributed by atoms with Gasteiger partial charge in [0.05, 0.1) is 16.8 Å². The highest BCUT2D eigenvalue weighted by molar-refractivity contribution is 7.18. The molecule has 3 N–H and O–H groups in total. The number of nitrogens with zero attached hydrogens (tertiary/aromatic N) is 1. The molecule has 0 spiro atoms. The quantitative estimate of drug-likeness (QED) is 0.741. The molecule has 134 valence electrons. The molecule has 1 aromatic heterocycles. The molecule has 0 saturated heterocycles. The van der Waals surface area contributed by atoms with Crippen LogP contribution in [0.3, 0.4) is 0 Å². The van der Waals surface area contributed by atoms with Gasteiger partial charge in [-0.05, 0) is 25.0 Å². The number of urea groups is 1. The van der Waals surface area contributed by atoms with Crippen molar-refractivity contribution >= 4 is 33.5 Å². The van der Waals surface area contributed by atoms with Gasteiger partial charge in [0.1, 0.15) is 5.01 Å². The van der Waals surface area contributed by atoms with Gasteiger partial charge in [-0.3, -0.25) is 4.79 Å². The number of fused-ring (bicyclic) bond motifs is 1. The van der Waals surface area contributed by atoms with Gasteiger partial charge in [0.15, 0.2) is 0 Å². The lowest BCUT2D eigenvalue weighted by molar-refractivity contribution is -0.121. The Bertz CT molecular complexity index is 692. The molecule has 1 saturated carbocycles. The van der Waals surface area contributed by atoms with E-state index in [1.807, 2.05) is 24.3 Å². The number of hydrogen-bond donors (Lipinski definition) is 3. The van der Waals surface area contributed by atoms with Gasteiger partial charge in [0.25, 0.3) is 0 Å². The average molecular weight is 360 g/mol. The summed E-state index contributed by atoms with van der Waals surface area (Å²) in [6.07, 6.45) is 6.10. The zero-order valence-electron chi connectivity index (χ0n) is 14.2. The Morgan fingerprint density at radius 2 is 1.92 bits per heavy atom. The maximum Gasteiger partial charge on any atom is 0.315 e. The topological polar surface area (TPSA) is 83.1 Å². The molecule has 1 fully saturated rings. The first-order valence-electron chi connectivity index (χ1n) is 8.86. The fraction of sp³-hybridized carbons (Fsp3) is 0.500. The van der Waals surface area contributed by atoms with E-state index in [0.717, 1.165) is 28.1 Å². The summed E-state index contributed by atoms with van der Waals surface area (Å²) in [5.74, 6) is 0.0124. The first-order chi connectivity index (χ1) is 12.2. The van der Waals surface area contributed by atoms with Gasteiger partial charge in [-0.1, -0.05) is 31.4 Å². The number of amides is 3. The fourth-order valence-electron chi connectivity index (χ4n) is 3.05. The van der Waals surface area contributed by atoms with Gasteiger partial charge in [0, 0.05) is 19.0 Å². The van der Waals surface area contributed by atoms with Crippen LogP contribution in [0.4, 0.5) is 4.79 Å². The predicted molar refractivity (Wildman–Crippen MR) is 99.5 cm³/mol. The standard InChI is InChI=1S/C18H24N4O2S/c23-16(21-13-6-2-1-3-7-13)10-11-19-18(24)20-12-17-22-14-8-4-5-9-15(14)25-17/h4-5,8-9,13H,1-3,6-7,10-12H2,(H,21,23)(H2,19,20,24). The average Bonchev–Trinajstić information content (AvgIpc) is 3.04. The number of carbonyl (C=O) groups is 2. The fourth-order valence-corrected chi connectivity index (χ4v) is 3.96. The van der Waals surface area contributed by atoms with Crippen LogP contribution in [-0.2, 0) is 11.3 Å². The van der Waals surface area contributed by atoms with E-state index in [2.05, 4.69) is 20.9 Å². The highest BCUT2D eigenvalue weighted by Gasteiger charge is 2.15. The SMILES string of the molecule is O=C(CCNC(=O)NCc1nc2ccccc2s1)NC1CCCCC1. The first-order valence-corrected chi connectivity index (χ1v) is 9.68. The van der Waals surface area contributed by atoms with Crippen molar-refractivity contribution in [1.29, 1.82) is 0 Å². The molecular formula is C18H24N4O2S. The Hall–Kier alpha value is -2.15. The second kappa shape index (κ2) is 8.80. The van der Waals surface area contributed by atoms with Gasteiger partial charge >= 0.3 is 6.03 Å². The molecule has 2 aromatic rings. The molecule has 1 aliphatic rings. The molecular weight excluding hydrogens is 336 g/mol. The minimum atomic E-state index is -0.273. The minimum absolute atomic E-state index is 0.0124. The summed E-state index contributed by atoms with van der Waals surface area (Å²) in [4.78, 5) is 28.2. The van der Waals surface area contributed by atoms with Gasteiger partial charge < -0.3 is 16.0 Å². The summed E-state index contributed by atoms with van der Waals surface area (Å²) in [7, 11) is 0. The first kappa shape index (κ1) is 17.7. The van der Waals surface area contributed by atoms with E-state index in [1.54, 1.807) is 11.3 Å². The molecule has 0 aliphatic heterocycles. The number of para-hydroxylation sites is 1. The van der Waals surface area contributed by atoms with E-state index in [4.69, 9.17) is 0 Å². The maximum atomic E-state index is 11.9. The van der Waals surface area contributed by atoms with E-state index < -0.39 is 0 Å². The van der Waals surface area contributed by atoms with E-state index in [0.29, 0.717) is 25.6 Å². The molecule has 1 heterocycles. The molecule has 1 aliphatic carbocycles. The zero-order valence-corrected chi connectivity index (χ0v) is 15.0. The monoisotopic (exact) mass is 360 g/mol. The molecule has 7 heteroatoms. The molecule has 1 aromatic carbocycles. The lowest BCUT2D eigenvalue weighted by Crippen LogP contribution is -2.40. The number of carbonyl (C=O) groups excluding carboxylic acids is 2. The second-order valence-electron chi connectivity index (χ2n) is 6.34. The highest BCUT2D eigenvalue weighted by Crippen LogP contribution is 2.21. The normalized spacial score (nSPS) is 15.0. The Morgan fingerprint density at radius 3 is 2.72 bits per heavy atom. The summed E-state index contributed by atoms with van der Waals surface area (Å²) in [6.45, 7) is 0.726. The molecule has 25 heavy (non-hydrogen) atoms. The number of benzene rings is 1. The Balaban J connectivity index is 1.33. The summed E-state index contributed by atoms with van der Waals surface area (Å²) in [5.41, 5.74) is 0.948. The van der Waals surface area contributed by atoms with E-state index in [-0.39, 0.29) is 11.9 Å².